The zero-order valence-corrected chi connectivity index (χ0v) is 16.1. The maximum atomic E-state index is 12.7. The van der Waals surface area contributed by atoms with E-state index in [1.54, 1.807) is 18.2 Å². The molecule has 3 rings (SSSR count). The van der Waals surface area contributed by atoms with Gasteiger partial charge in [-0.2, -0.15) is 0 Å². The maximum absolute atomic E-state index is 12.7. The zero-order chi connectivity index (χ0) is 19.2. The Hall–Kier alpha value is -2.73. The summed E-state index contributed by atoms with van der Waals surface area (Å²) in [6.07, 6.45) is 3.23. The Labute approximate surface area is 163 Å². The number of nitrogens with zero attached hydrogens (tertiary/aromatic N) is 1. The van der Waals surface area contributed by atoms with E-state index in [4.69, 9.17) is 12.2 Å². The van der Waals surface area contributed by atoms with E-state index in [0.717, 1.165) is 30.3 Å². The lowest BCUT2D eigenvalue weighted by Gasteiger charge is -2.09. The third-order valence-corrected chi connectivity index (χ3v) is 4.83. The number of hydrogen-bond donors (Lipinski definition) is 2. The Bertz CT molecular complexity index is 1050. The van der Waals surface area contributed by atoms with Crippen molar-refractivity contribution in [3.63, 3.8) is 0 Å². The molecule has 1 amide bonds. The molecule has 1 aromatic heterocycles. The lowest BCUT2D eigenvalue weighted by Crippen LogP contribution is -2.24. The number of para-hydroxylation sites is 1. The molecule has 0 radical (unpaired) electrons. The van der Waals surface area contributed by atoms with Crippen LogP contribution < -0.4 is 10.9 Å². The van der Waals surface area contributed by atoms with Gasteiger partial charge in [-0.05, 0) is 48.5 Å². The van der Waals surface area contributed by atoms with Gasteiger partial charge < -0.3 is 10.3 Å². The highest BCUT2D eigenvalue weighted by Gasteiger charge is 2.08. The van der Waals surface area contributed by atoms with Crippen LogP contribution >= 0.6 is 12.2 Å². The summed E-state index contributed by atoms with van der Waals surface area (Å²) in [7, 11) is 0. The Morgan fingerprint density at radius 1 is 1.11 bits per heavy atom. The average Bonchev–Trinajstić information content (AvgIpc) is 2.69. The molecular weight excluding hydrogens is 358 g/mol. The predicted octanol–water partition coefficient (Wildman–Crippen LogP) is 4.03. The molecule has 0 bridgehead atoms. The summed E-state index contributed by atoms with van der Waals surface area (Å²) in [6.45, 7) is 3.18. The molecule has 6 heteroatoms. The molecule has 0 fully saturated rings. The molecule has 0 saturated heterocycles. The summed E-state index contributed by atoms with van der Waals surface area (Å²) < 4.78 is 1.92. The number of benzene rings is 2. The standard InChI is InChI=1S/C21H23N3O2S/c1-2-3-6-13-22-19(25)16-11-9-15(10-12-16)14-24-20(26)17-7-4-5-8-18(17)23-21(24)27/h4-5,7-12H,2-3,6,13-14H2,1H3,(H,22,25)(H,23,27). The van der Waals surface area contributed by atoms with Crippen molar-refractivity contribution >= 4 is 29.0 Å². The Morgan fingerprint density at radius 3 is 2.59 bits per heavy atom. The van der Waals surface area contributed by atoms with Gasteiger partial charge in [-0.25, -0.2) is 0 Å². The number of H-pyrrole nitrogens is 1. The number of aromatic nitrogens is 2. The lowest BCUT2D eigenvalue weighted by atomic mass is 10.1. The third-order valence-electron chi connectivity index (χ3n) is 4.51. The first-order valence-electron chi connectivity index (χ1n) is 9.19. The van der Waals surface area contributed by atoms with Crippen molar-refractivity contribution in [2.24, 2.45) is 0 Å². The number of unbranched alkanes of at least 4 members (excludes halogenated alkanes) is 2. The van der Waals surface area contributed by atoms with Crippen LogP contribution in [0.3, 0.4) is 0 Å². The lowest BCUT2D eigenvalue weighted by molar-refractivity contribution is 0.0953. The fourth-order valence-electron chi connectivity index (χ4n) is 2.97. The number of aromatic amines is 1. The maximum Gasteiger partial charge on any atom is 0.262 e. The topological polar surface area (TPSA) is 66.9 Å². The van der Waals surface area contributed by atoms with Gasteiger partial charge in [-0.3, -0.25) is 14.2 Å². The average molecular weight is 382 g/mol. The van der Waals surface area contributed by atoms with Gasteiger partial charge in [0.15, 0.2) is 4.77 Å². The normalized spacial score (nSPS) is 10.9. The number of fused-ring (bicyclic) bond motifs is 1. The quantitative estimate of drug-likeness (QED) is 0.480. The van der Waals surface area contributed by atoms with E-state index in [9.17, 15) is 9.59 Å². The number of carbonyl (C=O) groups is 1. The van der Waals surface area contributed by atoms with Crippen LogP contribution in [0.4, 0.5) is 0 Å². The van der Waals surface area contributed by atoms with Crippen LogP contribution in [0.2, 0.25) is 0 Å². The number of carbonyl (C=O) groups excluding carboxylic acids is 1. The van der Waals surface area contributed by atoms with Gasteiger partial charge in [0.25, 0.3) is 11.5 Å². The second-order valence-electron chi connectivity index (χ2n) is 6.53. The summed E-state index contributed by atoms with van der Waals surface area (Å²) in [4.78, 5) is 28.0. The van der Waals surface area contributed by atoms with E-state index in [0.29, 0.717) is 28.8 Å². The molecule has 2 aromatic carbocycles. The van der Waals surface area contributed by atoms with E-state index < -0.39 is 0 Å². The van der Waals surface area contributed by atoms with Gasteiger partial charge in [0, 0.05) is 12.1 Å². The monoisotopic (exact) mass is 381 g/mol. The first-order chi connectivity index (χ1) is 13.1. The van der Waals surface area contributed by atoms with Crippen LogP contribution in [0.1, 0.15) is 42.1 Å². The Morgan fingerprint density at radius 2 is 1.85 bits per heavy atom. The van der Waals surface area contributed by atoms with Gasteiger partial charge >= 0.3 is 0 Å². The predicted molar refractivity (Wildman–Crippen MR) is 111 cm³/mol. The Kier molecular flexibility index (Phi) is 6.19. The first kappa shape index (κ1) is 19.0. The summed E-state index contributed by atoms with van der Waals surface area (Å²) in [5.41, 5.74) is 2.15. The van der Waals surface area contributed by atoms with E-state index in [1.165, 1.54) is 4.57 Å². The molecule has 5 nitrogen and oxygen atoms in total. The molecule has 0 aliphatic rings. The largest absolute Gasteiger partial charge is 0.352 e. The van der Waals surface area contributed by atoms with Crippen molar-refractivity contribution in [3.05, 3.63) is 74.8 Å². The van der Waals surface area contributed by atoms with Crippen LogP contribution in [0.5, 0.6) is 0 Å². The minimum Gasteiger partial charge on any atom is -0.352 e. The number of amides is 1. The van der Waals surface area contributed by atoms with E-state index in [1.807, 2.05) is 30.3 Å². The SMILES string of the molecule is CCCCCNC(=O)c1ccc(Cn2c(=S)[nH]c3ccccc3c2=O)cc1. The van der Waals surface area contributed by atoms with Gasteiger partial charge in [0.2, 0.25) is 0 Å². The molecule has 0 aliphatic heterocycles. The molecule has 3 aromatic rings. The van der Waals surface area contributed by atoms with Crippen molar-refractivity contribution in [2.75, 3.05) is 6.54 Å². The highest BCUT2D eigenvalue weighted by atomic mass is 32.1. The molecule has 27 heavy (non-hydrogen) atoms. The molecule has 0 saturated carbocycles. The van der Waals surface area contributed by atoms with Crippen LogP contribution in [0, 0.1) is 4.77 Å². The third kappa shape index (κ3) is 4.52. The van der Waals surface area contributed by atoms with Gasteiger partial charge in [0.05, 0.1) is 17.4 Å². The fraction of sp³-hybridized carbons (Fsp3) is 0.286. The minimum atomic E-state index is -0.118. The van der Waals surface area contributed by atoms with Crippen LogP contribution in [-0.2, 0) is 6.54 Å². The van der Waals surface area contributed by atoms with Gasteiger partial charge in [-0.1, -0.05) is 44.0 Å². The van der Waals surface area contributed by atoms with Crippen molar-refractivity contribution in [2.45, 2.75) is 32.7 Å². The van der Waals surface area contributed by atoms with Crippen LogP contribution in [-0.4, -0.2) is 22.0 Å². The summed E-state index contributed by atoms with van der Waals surface area (Å²) in [5.74, 6) is -0.0715. The van der Waals surface area contributed by atoms with Gasteiger partial charge in [0.1, 0.15) is 0 Å². The van der Waals surface area contributed by atoms with E-state index in [-0.39, 0.29) is 11.5 Å². The van der Waals surface area contributed by atoms with Crippen molar-refractivity contribution in [1.29, 1.82) is 0 Å². The van der Waals surface area contributed by atoms with Gasteiger partial charge in [-0.15, -0.1) is 0 Å². The molecular formula is C21H23N3O2S. The Balaban J connectivity index is 1.75. The van der Waals surface area contributed by atoms with Crippen LogP contribution in [0.25, 0.3) is 10.9 Å². The highest BCUT2D eigenvalue weighted by Crippen LogP contribution is 2.09. The number of hydrogen-bond acceptors (Lipinski definition) is 3. The van der Waals surface area contributed by atoms with E-state index >= 15 is 0 Å². The highest BCUT2D eigenvalue weighted by molar-refractivity contribution is 7.71. The second-order valence-corrected chi connectivity index (χ2v) is 6.91. The second kappa shape index (κ2) is 8.77. The minimum absolute atomic E-state index is 0.0715. The summed E-state index contributed by atoms with van der Waals surface area (Å²) in [6, 6.07) is 14.6. The number of rotatable bonds is 7. The molecule has 140 valence electrons. The molecule has 0 spiro atoms. The van der Waals surface area contributed by atoms with Crippen LogP contribution in [0.15, 0.2) is 53.3 Å². The van der Waals surface area contributed by atoms with E-state index in [2.05, 4.69) is 17.2 Å². The molecule has 0 unspecified atom stereocenters. The van der Waals surface area contributed by atoms with Crippen molar-refractivity contribution < 1.29 is 4.79 Å². The number of nitrogens with one attached hydrogen (secondary N) is 2. The zero-order valence-electron chi connectivity index (χ0n) is 15.3. The smallest absolute Gasteiger partial charge is 0.262 e. The fourth-order valence-corrected chi connectivity index (χ4v) is 3.22. The first-order valence-corrected chi connectivity index (χ1v) is 9.60. The summed E-state index contributed by atoms with van der Waals surface area (Å²) in [5, 5.41) is 3.53. The molecule has 1 heterocycles. The molecule has 2 N–H and O–H groups in total. The summed E-state index contributed by atoms with van der Waals surface area (Å²) >= 11 is 5.35. The molecule has 0 atom stereocenters. The van der Waals surface area contributed by atoms with Crippen molar-refractivity contribution in [1.82, 2.24) is 14.9 Å². The van der Waals surface area contributed by atoms with Crippen molar-refractivity contribution in [3.8, 4) is 0 Å². The molecule has 0 aliphatic carbocycles.